The Morgan fingerprint density at radius 2 is 2.06 bits per heavy atom. The fourth-order valence-electron chi connectivity index (χ4n) is 2.09. The Hall–Kier alpha value is -0.800. The third-order valence-electron chi connectivity index (χ3n) is 2.96. The number of hydrogen-bond donors (Lipinski definition) is 1. The predicted octanol–water partition coefficient (Wildman–Crippen LogP) is 3.32. The summed E-state index contributed by atoms with van der Waals surface area (Å²) in [5.41, 5.74) is 2.64. The lowest BCUT2D eigenvalue weighted by Gasteiger charge is -2.07. The normalized spacial score (nSPS) is 11.2. The van der Waals surface area contributed by atoms with Gasteiger partial charge >= 0.3 is 0 Å². The monoisotopic (exact) mass is 280 g/mol. The Balaban J connectivity index is 2.39. The van der Waals surface area contributed by atoms with E-state index in [0.717, 1.165) is 19.5 Å². The van der Waals surface area contributed by atoms with Crippen molar-refractivity contribution in [2.45, 2.75) is 19.9 Å². The van der Waals surface area contributed by atoms with Crippen LogP contribution in [0, 0.1) is 6.92 Å². The van der Waals surface area contributed by atoms with Gasteiger partial charge in [0.2, 0.25) is 0 Å². The highest BCUT2D eigenvalue weighted by Gasteiger charge is 2.10. The second-order valence-corrected chi connectivity index (χ2v) is 4.82. The molecule has 16 heavy (non-hydrogen) atoms. The van der Waals surface area contributed by atoms with Gasteiger partial charge in [-0.15, -0.1) is 0 Å². The van der Waals surface area contributed by atoms with Crippen molar-refractivity contribution < 1.29 is 0 Å². The Bertz CT molecular complexity index is 488. The quantitative estimate of drug-likeness (QED) is 0.851. The molecule has 0 atom stereocenters. The number of hydrogen-bond acceptors (Lipinski definition) is 1. The summed E-state index contributed by atoms with van der Waals surface area (Å²) in [6, 6.07) is 8.54. The first-order valence-corrected chi connectivity index (χ1v) is 6.43. The number of rotatable bonds is 4. The van der Waals surface area contributed by atoms with E-state index in [2.05, 4.69) is 57.0 Å². The fourth-order valence-corrected chi connectivity index (χ4v) is 2.64. The van der Waals surface area contributed by atoms with Crippen LogP contribution in [0.25, 0.3) is 10.9 Å². The fraction of sp³-hybridized carbons (Fsp3) is 0.385. The summed E-state index contributed by atoms with van der Waals surface area (Å²) in [7, 11) is 2.00. The van der Waals surface area contributed by atoms with Crippen LogP contribution in [0.4, 0.5) is 0 Å². The van der Waals surface area contributed by atoms with Crippen molar-refractivity contribution >= 4 is 26.8 Å². The first kappa shape index (κ1) is 11.7. The maximum absolute atomic E-state index is 3.67. The van der Waals surface area contributed by atoms with E-state index < -0.39 is 0 Å². The molecule has 3 heteroatoms. The van der Waals surface area contributed by atoms with E-state index in [1.807, 2.05) is 7.05 Å². The van der Waals surface area contributed by atoms with Crippen LogP contribution in [-0.2, 0) is 6.54 Å². The average Bonchev–Trinajstić information content (AvgIpc) is 2.55. The zero-order valence-corrected chi connectivity index (χ0v) is 11.3. The van der Waals surface area contributed by atoms with Gasteiger partial charge in [-0.25, -0.2) is 0 Å². The molecular weight excluding hydrogens is 264 g/mol. The molecule has 0 fully saturated rings. The van der Waals surface area contributed by atoms with Gasteiger partial charge in [-0.2, -0.15) is 0 Å². The molecule has 0 bridgehead atoms. The predicted molar refractivity (Wildman–Crippen MR) is 72.9 cm³/mol. The number of aromatic nitrogens is 1. The summed E-state index contributed by atoms with van der Waals surface area (Å²) >= 11 is 3.67. The highest BCUT2D eigenvalue weighted by atomic mass is 79.9. The van der Waals surface area contributed by atoms with Gasteiger partial charge in [-0.1, -0.05) is 18.2 Å². The molecule has 0 radical (unpaired) electrons. The summed E-state index contributed by atoms with van der Waals surface area (Å²) in [5, 5.41) is 4.50. The van der Waals surface area contributed by atoms with Crippen molar-refractivity contribution in [2.75, 3.05) is 13.6 Å². The minimum Gasteiger partial charge on any atom is -0.344 e. The van der Waals surface area contributed by atoms with Gasteiger partial charge in [0.1, 0.15) is 0 Å². The summed E-state index contributed by atoms with van der Waals surface area (Å²) in [4.78, 5) is 0. The van der Waals surface area contributed by atoms with E-state index in [-0.39, 0.29) is 0 Å². The molecule has 2 nitrogen and oxygen atoms in total. The zero-order chi connectivity index (χ0) is 11.5. The highest BCUT2D eigenvalue weighted by molar-refractivity contribution is 9.10. The summed E-state index contributed by atoms with van der Waals surface area (Å²) < 4.78 is 3.61. The molecule has 0 saturated heterocycles. The van der Waals surface area contributed by atoms with Crippen LogP contribution in [-0.4, -0.2) is 18.2 Å². The molecular formula is C13H17BrN2. The van der Waals surface area contributed by atoms with E-state index in [0.29, 0.717) is 0 Å². The van der Waals surface area contributed by atoms with Gasteiger partial charge in [0, 0.05) is 27.6 Å². The van der Waals surface area contributed by atoms with Crippen molar-refractivity contribution in [2.24, 2.45) is 0 Å². The molecule has 1 N–H and O–H groups in total. The third-order valence-corrected chi connectivity index (χ3v) is 3.96. The maximum atomic E-state index is 3.67. The van der Waals surface area contributed by atoms with Gasteiger partial charge in [-0.05, 0) is 48.9 Å². The van der Waals surface area contributed by atoms with Crippen LogP contribution in [0.15, 0.2) is 28.7 Å². The van der Waals surface area contributed by atoms with Crippen LogP contribution in [0.1, 0.15) is 12.1 Å². The number of benzene rings is 1. The number of aryl methyl sites for hydroxylation is 1. The lowest BCUT2D eigenvalue weighted by Crippen LogP contribution is -2.11. The van der Waals surface area contributed by atoms with Gasteiger partial charge in [0.25, 0.3) is 0 Å². The topological polar surface area (TPSA) is 17.0 Å². The standard InChI is InChI=1S/C13H17BrN2/c1-10-13(14)11-6-3-4-7-12(11)16(10)9-5-8-15-2/h3-4,6-7,15H,5,8-9H2,1-2H3. The number of nitrogens with zero attached hydrogens (tertiary/aromatic N) is 1. The largest absolute Gasteiger partial charge is 0.344 e. The highest BCUT2D eigenvalue weighted by Crippen LogP contribution is 2.30. The van der Waals surface area contributed by atoms with E-state index >= 15 is 0 Å². The molecule has 0 saturated carbocycles. The van der Waals surface area contributed by atoms with Crippen molar-refractivity contribution in [3.05, 3.63) is 34.4 Å². The molecule has 0 aliphatic heterocycles. The molecule has 1 aromatic heterocycles. The van der Waals surface area contributed by atoms with Crippen molar-refractivity contribution in [3.63, 3.8) is 0 Å². The third kappa shape index (κ3) is 2.02. The van der Waals surface area contributed by atoms with Crippen LogP contribution in [0.3, 0.4) is 0 Å². The van der Waals surface area contributed by atoms with Crippen LogP contribution in [0.2, 0.25) is 0 Å². The van der Waals surface area contributed by atoms with Crippen LogP contribution < -0.4 is 5.32 Å². The second-order valence-electron chi connectivity index (χ2n) is 4.03. The first-order valence-electron chi connectivity index (χ1n) is 5.63. The van der Waals surface area contributed by atoms with Gasteiger partial charge in [-0.3, -0.25) is 0 Å². The molecule has 0 aliphatic rings. The van der Waals surface area contributed by atoms with E-state index in [1.165, 1.54) is 21.1 Å². The molecule has 1 aromatic carbocycles. The van der Waals surface area contributed by atoms with Gasteiger partial charge in [0.15, 0.2) is 0 Å². The average molecular weight is 281 g/mol. The molecule has 2 rings (SSSR count). The molecule has 0 spiro atoms. The number of nitrogens with one attached hydrogen (secondary N) is 1. The lowest BCUT2D eigenvalue weighted by atomic mass is 10.2. The summed E-state index contributed by atoms with van der Waals surface area (Å²) in [6.45, 7) is 4.30. The van der Waals surface area contributed by atoms with E-state index in [1.54, 1.807) is 0 Å². The Kier molecular flexibility index (Phi) is 3.66. The van der Waals surface area contributed by atoms with Crippen LogP contribution >= 0.6 is 15.9 Å². The van der Waals surface area contributed by atoms with E-state index in [9.17, 15) is 0 Å². The smallest absolute Gasteiger partial charge is 0.0494 e. The molecule has 86 valence electrons. The lowest BCUT2D eigenvalue weighted by molar-refractivity contribution is 0.617. The zero-order valence-electron chi connectivity index (χ0n) is 9.76. The van der Waals surface area contributed by atoms with E-state index in [4.69, 9.17) is 0 Å². The molecule has 0 aliphatic carbocycles. The molecule has 1 heterocycles. The molecule has 0 amide bonds. The Labute approximate surface area is 105 Å². The first-order chi connectivity index (χ1) is 7.75. The number of fused-ring (bicyclic) bond motifs is 1. The summed E-state index contributed by atoms with van der Waals surface area (Å²) in [6.07, 6.45) is 1.16. The number of para-hydroxylation sites is 1. The Morgan fingerprint density at radius 3 is 2.81 bits per heavy atom. The SMILES string of the molecule is CNCCCn1c(C)c(Br)c2ccccc21. The van der Waals surface area contributed by atoms with Crippen molar-refractivity contribution in [1.82, 2.24) is 9.88 Å². The number of halogens is 1. The minimum atomic E-state index is 1.06. The van der Waals surface area contributed by atoms with Crippen LogP contribution in [0.5, 0.6) is 0 Å². The summed E-state index contributed by atoms with van der Waals surface area (Å²) in [5.74, 6) is 0. The second kappa shape index (κ2) is 5.02. The molecule has 2 aromatic rings. The molecule has 0 unspecified atom stereocenters. The minimum absolute atomic E-state index is 1.06. The van der Waals surface area contributed by atoms with Gasteiger partial charge < -0.3 is 9.88 Å². The van der Waals surface area contributed by atoms with Gasteiger partial charge in [0.05, 0.1) is 0 Å². The Morgan fingerprint density at radius 1 is 1.31 bits per heavy atom. The van der Waals surface area contributed by atoms with Crippen molar-refractivity contribution in [1.29, 1.82) is 0 Å². The van der Waals surface area contributed by atoms with Crippen molar-refractivity contribution in [3.8, 4) is 0 Å². The maximum Gasteiger partial charge on any atom is 0.0494 e.